The van der Waals surface area contributed by atoms with E-state index in [-0.39, 0.29) is 0 Å². The molecular formula is C15H21BrO4. The summed E-state index contributed by atoms with van der Waals surface area (Å²) in [4.78, 5) is 0. The molecule has 0 bridgehead atoms. The number of aliphatic hydroxyl groups is 1. The number of aliphatic hydroxyl groups excluding tert-OH is 1. The Morgan fingerprint density at radius 1 is 1.45 bits per heavy atom. The second-order valence-corrected chi connectivity index (χ2v) is 6.05. The van der Waals surface area contributed by atoms with Gasteiger partial charge in [-0.05, 0) is 53.4 Å². The molecule has 0 aromatic heterocycles. The predicted molar refractivity (Wildman–Crippen MR) is 80.1 cm³/mol. The Hall–Kier alpha value is -0.620. The third kappa shape index (κ3) is 3.52. The van der Waals surface area contributed by atoms with Gasteiger partial charge in [-0.1, -0.05) is 6.07 Å². The van der Waals surface area contributed by atoms with Crippen LogP contribution in [0.15, 0.2) is 22.7 Å². The number of halogens is 1. The number of hydrogen-bond acceptors (Lipinski definition) is 4. The summed E-state index contributed by atoms with van der Waals surface area (Å²) >= 11 is 3.48. The van der Waals surface area contributed by atoms with E-state index in [9.17, 15) is 5.11 Å². The third-order valence-electron chi connectivity index (χ3n) is 3.64. The number of ether oxygens (including phenoxy) is 3. The summed E-state index contributed by atoms with van der Waals surface area (Å²) in [6.45, 7) is 3.72. The Morgan fingerprint density at radius 3 is 2.85 bits per heavy atom. The normalized spacial score (nSPS) is 23.8. The molecule has 0 spiro atoms. The van der Waals surface area contributed by atoms with Crippen LogP contribution in [0.1, 0.15) is 31.4 Å². The van der Waals surface area contributed by atoms with Gasteiger partial charge in [-0.2, -0.15) is 0 Å². The van der Waals surface area contributed by atoms with E-state index < -0.39 is 11.7 Å². The van der Waals surface area contributed by atoms with Crippen LogP contribution >= 0.6 is 15.9 Å². The highest BCUT2D eigenvalue weighted by Crippen LogP contribution is 2.39. The van der Waals surface area contributed by atoms with Gasteiger partial charge in [0.25, 0.3) is 0 Å². The summed E-state index contributed by atoms with van der Waals surface area (Å²) < 4.78 is 17.0. The second kappa shape index (κ2) is 6.89. The first-order valence-electron chi connectivity index (χ1n) is 6.80. The van der Waals surface area contributed by atoms with Gasteiger partial charge in [-0.15, -0.1) is 0 Å². The maximum Gasteiger partial charge on any atom is 0.133 e. The van der Waals surface area contributed by atoms with Crippen molar-refractivity contribution in [3.8, 4) is 5.75 Å². The molecule has 0 amide bonds. The lowest BCUT2D eigenvalue weighted by molar-refractivity contribution is -0.0796. The highest BCUT2D eigenvalue weighted by molar-refractivity contribution is 9.10. The zero-order valence-corrected chi connectivity index (χ0v) is 13.5. The first-order valence-corrected chi connectivity index (χ1v) is 7.59. The Labute approximate surface area is 128 Å². The Balaban J connectivity index is 2.08. The molecule has 4 nitrogen and oxygen atoms in total. The van der Waals surface area contributed by atoms with Crippen molar-refractivity contribution in [2.24, 2.45) is 0 Å². The molecule has 5 heteroatoms. The molecule has 0 aliphatic carbocycles. The van der Waals surface area contributed by atoms with Crippen LogP contribution in [-0.2, 0) is 9.47 Å². The first kappa shape index (κ1) is 15.8. The molecule has 1 saturated heterocycles. The smallest absolute Gasteiger partial charge is 0.133 e. The van der Waals surface area contributed by atoms with Crippen LogP contribution in [0.25, 0.3) is 0 Å². The molecule has 20 heavy (non-hydrogen) atoms. The molecule has 2 rings (SSSR count). The highest BCUT2D eigenvalue weighted by Gasteiger charge is 2.38. The SMILES string of the molecule is COCCOc1ccc(C(O)C2(C)CCCO2)cc1Br. The van der Waals surface area contributed by atoms with Crippen LogP contribution in [0.2, 0.25) is 0 Å². The van der Waals surface area contributed by atoms with E-state index in [1.165, 1.54) is 0 Å². The third-order valence-corrected chi connectivity index (χ3v) is 4.26. The summed E-state index contributed by atoms with van der Waals surface area (Å²) in [7, 11) is 1.64. The fourth-order valence-corrected chi connectivity index (χ4v) is 2.92. The zero-order valence-electron chi connectivity index (χ0n) is 11.9. The lowest BCUT2D eigenvalue weighted by atomic mass is 9.90. The molecule has 1 N–H and O–H groups in total. The largest absolute Gasteiger partial charge is 0.490 e. The van der Waals surface area contributed by atoms with Crippen molar-refractivity contribution < 1.29 is 19.3 Å². The molecule has 1 aliphatic heterocycles. The van der Waals surface area contributed by atoms with Gasteiger partial charge in [0.15, 0.2) is 0 Å². The van der Waals surface area contributed by atoms with Crippen molar-refractivity contribution >= 4 is 15.9 Å². The number of methoxy groups -OCH3 is 1. The number of benzene rings is 1. The Kier molecular flexibility index (Phi) is 5.43. The van der Waals surface area contributed by atoms with E-state index in [1.807, 2.05) is 25.1 Å². The van der Waals surface area contributed by atoms with Gasteiger partial charge in [-0.3, -0.25) is 0 Å². The summed E-state index contributed by atoms with van der Waals surface area (Å²) in [6.07, 6.45) is 1.24. The molecule has 1 aromatic carbocycles. The maximum absolute atomic E-state index is 10.5. The van der Waals surface area contributed by atoms with Gasteiger partial charge in [0.2, 0.25) is 0 Å². The zero-order chi connectivity index (χ0) is 14.6. The minimum atomic E-state index is -0.630. The molecule has 0 radical (unpaired) electrons. The lowest BCUT2D eigenvalue weighted by Crippen LogP contribution is -2.31. The van der Waals surface area contributed by atoms with Gasteiger partial charge in [0.1, 0.15) is 18.5 Å². The van der Waals surface area contributed by atoms with Crippen LogP contribution < -0.4 is 4.74 Å². The number of hydrogen-bond donors (Lipinski definition) is 1. The van der Waals surface area contributed by atoms with Crippen molar-refractivity contribution in [2.75, 3.05) is 26.9 Å². The fourth-order valence-electron chi connectivity index (χ4n) is 2.41. The summed E-state index contributed by atoms with van der Waals surface area (Å²) in [6, 6.07) is 5.63. The molecule has 1 fully saturated rings. The molecule has 112 valence electrons. The average molecular weight is 345 g/mol. The van der Waals surface area contributed by atoms with E-state index in [0.717, 1.165) is 28.6 Å². The van der Waals surface area contributed by atoms with Crippen LogP contribution in [-0.4, -0.2) is 37.6 Å². The lowest BCUT2D eigenvalue weighted by Gasteiger charge is -2.29. The molecule has 0 saturated carbocycles. The van der Waals surface area contributed by atoms with Crippen LogP contribution in [0.4, 0.5) is 0 Å². The monoisotopic (exact) mass is 344 g/mol. The van der Waals surface area contributed by atoms with Crippen molar-refractivity contribution in [1.82, 2.24) is 0 Å². The number of rotatable bonds is 6. The first-order chi connectivity index (χ1) is 9.57. The van der Waals surface area contributed by atoms with Crippen LogP contribution in [0.5, 0.6) is 5.75 Å². The molecule has 2 unspecified atom stereocenters. The van der Waals surface area contributed by atoms with Gasteiger partial charge < -0.3 is 19.3 Å². The molecule has 1 aromatic rings. The Bertz CT molecular complexity index is 443. The van der Waals surface area contributed by atoms with Crippen molar-refractivity contribution in [3.05, 3.63) is 28.2 Å². The standard InChI is InChI=1S/C15H21BrO4/c1-15(6-3-7-20-15)14(17)11-4-5-13(12(16)10-11)19-9-8-18-2/h4-5,10,14,17H,3,6-9H2,1-2H3. The minimum Gasteiger partial charge on any atom is -0.490 e. The van der Waals surface area contributed by atoms with Crippen molar-refractivity contribution in [2.45, 2.75) is 31.5 Å². The summed E-state index contributed by atoms with van der Waals surface area (Å²) in [5.41, 5.74) is 0.345. The molecule has 2 atom stereocenters. The van der Waals surface area contributed by atoms with Gasteiger partial charge in [0.05, 0.1) is 16.7 Å². The summed E-state index contributed by atoms with van der Waals surface area (Å²) in [5, 5.41) is 10.5. The highest BCUT2D eigenvalue weighted by atomic mass is 79.9. The van der Waals surface area contributed by atoms with Crippen molar-refractivity contribution in [1.29, 1.82) is 0 Å². The fraction of sp³-hybridized carbons (Fsp3) is 0.600. The molecule has 1 heterocycles. The quantitative estimate of drug-likeness (QED) is 0.805. The minimum absolute atomic E-state index is 0.488. The predicted octanol–water partition coefficient (Wildman–Crippen LogP) is 3.08. The van der Waals surface area contributed by atoms with E-state index >= 15 is 0 Å². The van der Waals surface area contributed by atoms with Crippen LogP contribution in [0.3, 0.4) is 0 Å². The van der Waals surface area contributed by atoms with Gasteiger partial charge >= 0.3 is 0 Å². The maximum atomic E-state index is 10.5. The topological polar surface area (TPSA) is 47.9 Å². The van der Waals surface area contributed by atoms with E-state index in [1.54, 1.807) is 7.11 Å². The Morgan fingerprint density at radius 2 is 2.25 bits per heavy atom. The van der Waals surface area contributed by atoms with E-state index in [0.29, 0.717) is 19.8 Å². The van der Waals surface area contributed by atoms with E-state index in [2.05, 4.69) is 15.9 Å². The van der Waals surface area contributed by atoms with Crippen molar-refractivity contribution in [3.63, 3.8) is 0 Å². The molecular weight excluding hydrogens is 324 g/mol. The van der Waals surface area contributed by atoms with Gasteiger partial charge in [-0.25, -0.2) is 0 Å². The average Bonchev–Trinajstić information content (AvgIpc) is 2.88. The van der Waals surface area contributed by atoms with E-state index in [4.69, 9.17) is 14.2 Å². The summed E-state index contributed by atoms with van der Waals surface area (Å²) in [5.74, 6) is 0.746. The van der Waals surface area contributed by atoms with Crippen LogP contribution in [0, 0.1) is 0 Å². The van der Waals surface area contributed by atoms with Gasteiger partial charge in [0, 0.05) is 13.7 Å². The molecule has 1 aliphatic rings. The second-order valence-electron chi connectivity index (χ2n) is 5.20.